The molecular formula is C14H28N2O. The highest BCUT2D eigenvalue weighted by atomic mass is 16.5. The Morgan fingerprint density at radius 1 is 1.18 bits per heavy atom. The van der Waals surface area contributed by atoms with Gasteiger partial charge in [0, 0.05) is 18.7 Å². The summed E-state index contributed by atoms with van der Waals surface area (Å²) in [7, 11) is 2.13. The Morgan fingerprint density at radius 3 is 2.65 bits per heavy atom. The van der Waals surface area contributed by atoms with E-state index in [1.807, 2.05) is 0 Å². The Balaban J connectivity index is 1.61. The minimum absolute atomic E-state index is 0.418. The average Bonchev–Trinajstić information content (AvgIpc) is 2.89. The second-order valence-electron chi connectivity index (χ2n) is 5.68. The highest BCUT2D eigenvalue weighted by molar-refractivity contribution is 4.90. The third kappa shape index (κ3) is 3.94. The van der Waals surface area contributed by atoms with E-state index >= 15 is 0 Å². The molecule has 0 aromatic carbocycles. The van der Waals surface area contributed by atoms with E-state index in [1.54, 1.807) is 0 Å². The minimum Gasteiger partial charge on any atom is -0.377 e. The Bertz CT molecular complexity index is 208. The van der Waals surface area contributed by atoms with Crippen LogP contribution in [0.5, 0.6) is 0 Å². The van der Waals surface area contributed by atoms with Crippen molar-refractivity contribution in [1.82, 2.24) is 10.6 Å². The predicted molar refractivity (Wildman–Crippen MR) is 71.3 cm³/mol. The molecule has 0 spiro atoms. The smallest absolute Gasteiger partial charge is 0.0700 e. The minimum atomic E-state index is 0.418. The van der Waals surface area contributed by atoms with Crippen LogP contribution in [0.4, 0.5) is 0 Å². The summed E-state index contributed by atoms with van der Waals surface area (Å²) >= 11 is 0. The molecule has 0 aromatic heterocycles. The zero-order valence-corrected chi connectivity index (χ0v) is 11.3. The average molecular weight is 240 g/mol. The summed E-state index contributed by atoms with van der Waals surface area (Å²) in [6, 6.07) is 0. The van der Waals surface area contributed by atoms with E-state index in [0.29, 0.717) is 11.6 Å². The van der Waals surface area contributed by atoms with E-state index in [9.17, 15) is 0 Å². The fourth-order valence-corrected chi connectivity index (χ4v) is 3.25. The first kappa shape index (κ1) is 13.3. The molecule has 0 radical (unpaired) electrons. The van der Waals surface area contributed by atoms with Crippen molar-refractivity contribution >= 4 is 0 Å². The van der Waals surface area contributed by atoms with Crippen LogP contribution in [0.15, 0.2) is 0 Å². The maximum absolute atomic E-state index is 5.62. The van der Waals surface area contributed by atoms with Crippen LogP contribution in [0.25, 0.3) is 0 Å². The van der Waals surface area contributed by atoms with Crippen LogP contribution in [-0.4, -0.2) is 38.4 Å². The highest BCUT2D eigenvalue weighted by Gasteiger charge is 2.29. The lowest BCUT2D eigenvalue weighted by Crippen LogP contribution is -2.47. The van der Waals surface area contributed by atoms with Crippen LogP contribution in [0.2, 0.25) is 0 Å². The quantitative estimate of drug-likeness (QED) is 0.697. The third-order valence-electron chi connectivity index (χ3n) is 4.52. The van der Waals surface area contributed by atoms with Crippen molar-refractivity contribution in [2.24, 2.45) is 0 Å². The van der Waals surface area contributed by atoms with Crippen molar-refractivity contribution in [3.63, 3.8) is 0 Å². The van der Waals surface area contributed by atoms with Crippen molar-refractivity contribution in [1.29, 1.82) is 0 Å². The number of rotatable bonds is 6. The van der Waals surface area contributed by atoms with Gasteiger partial charge in [-0.05, 0) is 45.7 Å². The topological polar surface area (TPSA) is 33.3 Å². The van der Waals surface area contributed by atoms with E-state index < -0.39 is 0 Å². The maximum Gasteiger partial charge on any atom is 0.0700 e. The van der Waals surface area contributed by atoms with Crippen LogP contribution in [0.3, 0.4) is 0 Å². The van der Waals surface area contributed by atoms with E-state index in [4.69, 9.17) is 4.74 Å². The van der Waals surface area contributed by atoms with Crippen molar-refractivity contribution in [2.45, 2.75) is 63.0 Å². The molecule has 2 fully saturated rings. The van der Waals surface area contributed by atoms with Gasteiger partial charge in [0.05, 0.1) is 6.10 Å². The standard InChI is InChI=1S/C14H28N2O/c1-15-14(7-3-2-4-8-14)9-10-16-12-13-6-5-11-17-13/h13,15-16H,2-12H2,1H3. The lowest BCUT2D eigenvalue weighted by molar-refractivity contribution is 0.109. The largest absolute Gasteiger partial charge is 0.377 e. The second-order valence-corrected chi connectivity index (χ2v) is 5.68. The van der Waals surface area contributed by atoms with Gasteiger partial charge in [0.25, 0.3) is 0 Å². The van der Waals surface area contributed by atoms with Crippen molar-refractivity contribution in [3.8, 4) is 0 Å². The van der Waals surface area contributed by atoms with Gasteiger partial charge in [-0.3, -0.25) is 0 Å². The van der Waals surface area contributed by atoms with E-state index in [-0.39, 0.29) is 0 Å². The zero-order valence-electron chi connectivity index (χ0n) is 11.3. The first-order valence-corrected chi connectivity index (χ1v) is 7.36. The third-order valence-corrected chi connectivity index (χ3v) is 4.52. The van der Waals surface area contributed by atoms with Gasteiger partial charge < -0.3 is 15.4 Å². The van der Waals surface area contributed by atoms with Crippen molar-refractivity contribution in [3.05, 3.63) is 0 Å². The molecule has 3 nitrogen and oxygen atoms in total. The molecule has 2 aliphatic rings. The molecule has 2 N–H and O–H groups in total. The molecule has 0 bridgehead atoms. The Kier molecular flexibility index (Phi) is 5.26. The molecule has 17 heavy (non-hydrogen) atoms. The van der Waals surface area contributed by atoms with E-state index in [2.05, 4.69) is 17.7 Å². The number of nitrogens with one attached hydrogen (secondary N) is 2. The van der Waals surface area contributed by atoms with Crippen LogP contribution in [0, 0.1) is 0 Å². The normalized spacial score (nSPS) is 28.4. The first-order valence-electron chi connectivity index (χ1n) is 7.36. The Labute approximate surface area is 106 Å². The first-order chi connectivity index (χ1) is 8.35. The molecule has 0 amide bonds. The summed E-state index contributed by atoms with van der Waals surface area (Å²) in [5, 5.41) is 7.14. The number of hydrogen-bond acceptors (Lipinski definition) is 3. The molecule has 1 heterocycles. The monoisotopic (exact) mass is 240 g/mol. The highest BCUT2D eigenvalue weighted by Crippen LogP contribution is 2.30. The van der Waals surface area contributed by atoms with Gasteiger partial charge in [-0.15, -0.1) is 0 Å². The molecular weight excluding hydrogens is 212 g/mol. The predicted octanol–water partition coefficient (Wildman–Crippen LogP) is 2.07. The van der Waals surface area contributed by atoms with Crippen molar-refractivity contribution < 1.29 is 4.74 Å². The molecule has 1 atom stereocenters. The van der Waals surface area contributed by atoms with Crippen LogP contribution in [0.1, 0.15) is 51.4 Å². The Morgan fingerprint density at radius 2 is 2.00 bits per heavy atom. The van der Waals surface area contributed by atoms with Gasteiger partial charge in [0.1, 0.15) is 0 Å². The number of hydrogen-bond donors (Lipinski definition) is 2. The lowest BCUT2D eigenvalue weighted by atomic mass is 9.79. The van der Waals surface area contributed by atoms with E-state index in [0.717, 1.165) is 19.7 Å². The summed E-state index contributed by atoms with van der Waals surface area (Å²) in [4.78, 5) is 0. The molecule has 1 saturated heterocycles. The number of ether oxygens (including phenoxy) is 1. The van der Waals surface area contributed by atoms with Gasteiger partial charge in [-0.2, -0.15) is 0 Å². The molecule has 100 valence electrons. The van der Waals surface area contributed by atoms with Gasteiger partial charge >= 0.3 is 0 Å². The zero-order chi connectivity index (χ0) is 12.0. The van der Waals surface area contributed by atoms with Crippen LogP contribution >= 0.6 is 0 Å². The molecule has 0 aromatic rings. The lowest BCUT2D eigenvalue weighted by Gasteiger charge is -2.37. The summed E-state index contributed by atoms with van der Waals surface area (Å²) in [5.41, 5.74) is 0.418. The SMILES string of the molecule is CNC1(CCNCC2CCCO2)CCCCC1. The summed E-state index contributed by atoms with van der Waals surface area (Å²) < 4.78 is 5.62. The van der Waals surface area contributed by atoms with Crippen molar-refractivity contribution in [2.75, 3.05) is 26.7 Å². The summed E-state index contributed by atoms with van der Waals surface area (Å²) in [6.07, 6.45) is 11.1. The molecule has 1 unspecified atom stereocenters. The Hall–Kier alpha value is -0.120. The van der Waals surface area contributed by atoms with Gasteiger partial charge in [-0.1, -0.05) is 19.3 Å². The molecule has 3 heteroatoms. The summed E-state index contributed by atoms with van der Waals surface area (Å²) in [6.45, 7) is 3.13. The van der Waals surface area contributed by atoms with Gasteiger partial charge in [0.2, 0.25) is 0 Å². The van der Waals surface area contributed by atoms with E-state index in [1.165, 1.54) is 51.4 Å². The molecule has 1 saturated carbocycles. The van der Waals surface area contributed by atoms with Gasteiger partial charge in [0.15, 0.2) is 0 Å². The fraction of sp³-hybridized carbons (Fsp3) is 1.00. The second kappa shape index (κ2) is 6.72. The fourth-order valence-electron chi connectivity index (χ4n) is 3.25. The van der Waals surface area contributed by atoms with Crippen LogP contribution < -0.4 is 10.6 Å². The summed E-state index contributed by atoms with van der Waals surface area (Å²) in [5.74, 6) is 0. The molecule has 1 aliphatic heterocycles. The molecule has 1 aliphatic carbocycles. The molecule has 2 rings (SSSR count). The van der Waals surface area contributed by atoms with Gasteiger partial charge in [-0.25, -0.2) is 0 Å². The van der Waals surface area contributed by atoms with Crippen LogP contribution in [-0.2, 0) is 4.74 Å². The maximum atomic E-state index is 5.62.